The van der Waals surface area contributed by atoms with E-state index in [1.807, 2.05) is 4.68 Å². The van der Waals surface area contributed by atoms with Crippen molar-refractivity contribution in [3.05, 3.63) is 11.6 Å². The number of hydrogen-bond donors (Lipinski definition) is 2. The second-order valence-electron chi connectivity index (χ2n) is 8.45. The number of aromatic nitrogens is 3. The number of guanidine groups is 1. The van der Waals surface area contributed by atoms with Gasteiger partial charge < -0.3 is 20.1 Å². The van der Waals surface area contributed by atoms with E-state index in [1.165, 1.54) is 0 Å². The average molecular weight is 504 g/mol. The van der Waals surface area contributed by atoms with Crippen LogP contribution in [0.1, 0.15) is 45.3 Å². The van der Waals surface area contributed by atoms with Gasteiger partial charge in [-0.25, -0.2) is 9.67 Å². The third-order valence-corrected chi connectivity index (χ3v) is 6.23. The van der Waals surface area contributed by atoms with Crippen LogP contribution in [0.2, 0.25) is 0 Å². The van der Waals surface area contributed by atoms with Gasteiger partial charge in [-0.05, 0) is 19.8 Å². The van der Waals surface area contributed by atoms with E-state index in [1.54, 1.807) is 7.11 Å². The predicted molar refractivity (Wildman–Crippen MR) is 118 cm³/mol. The normalized spacial score (nSPS) is 30.6. The van der Waals surface area contributed by atoms with Crippen LogP contribution in [0.15, 0.2) is 4.99 Å². The number of halogens is 1. The van der Waals surface area contributed by atoms with E-state index in [9.17, 15) is 0 Å². The Morgan fingerprint density at radius 2 is 2.18 bits per heavy atom. The van der Waals surface area contributed by atoms with Crippen molar-refractivity contribution in [1.29, 1.82) is 0 Å². The summed E-state index contributed by atoms with van der Waals surface area (Å²) in [6, 6.07) is 0.702. The summed E-state index contributed by atoms with van der Waals surface area (Å²) in [6.07, 6.45) is 3.46. The highest BCUT2D eigenvalue weighted by Crippen LogP contribution is 2.52. The summed E-state index contributed by atoms with van der Waals surface area (Å²) in [5, 5.41) is 11.9. The number of aryl methyl sites for hydroxylation is 1. The maximum atomic E-state index is 5.92. The lowest BCUT2D eigenvalue weighted by Gasteiger charge is -2.55. The molecule has 0 amide bonds. The molecule has 3 aliphatic rings. The fourth-order valence-corrected chi connectivity index (χ4v) is 4.92. The summed E-state index contributed by atoms with van der Waals surface area (Å²) in [7, 11) is 1.67. The standard InChI is InChI=1S/C19H32N6O2.HI/c1-5-20-18(23-16-13-8-9-27-17(13)19(16,2)3)21-12-6-7-15-22-14(11-26-4)24-25(15)10-12;/h12-13,16-17H,5-11H2,1-4H3,(H2,20,21,23);1H. The number of nitrogens with zero attached hydrogens (tertiary/aromatic N) is 4. The molecule has 1 aliphatic carbocycles. The van der Waals surface area contributed by atoms with Crippen molar-refractivity contribution in [1.82, 2.24) is 25.4 Å². The topological polar surface area (TPSA) is 85.6 Å². The second-order valence-corrected chi connectivity index (χ2v) is 8.45. The van der Waals surface area contributed by atoms with E-state index in [0.717, 1.165) is 56.6 Å². The Kier molecular flexibility index (Phi) is 6.86. The molecular weight excluding hydrogens is 471 g/mol. The number of aliphatic imine (C=N–C) groups is 1. The smallest absolute Gasteiger partial charge is 0.191 e. The van der Waals surface area contributed by atoms with Gasteiger partial charge in [0.05, 0.1) is 12.6 Å². The number of hydrogen-bond acceptors (Lipinski definition) is 5. The van der Waals surface area contributed by atoms with Crippen molar-refractivity contribution in [2.75, 3.05) is 20.3 Å². The summed E-state index contributed by atoms with van der Waals surface area (Å²) in [4.78, 5) is 9.25. The van der Waals surface area contributed by atoms with Crippen LogP contribution in [0.4, 0.5) is 0 Å². The summed E-state index contributed by atoms with van der Waals surface area (Å²) >= 11 is 0. The molecule has 0 radical (unpaired) electrons. The molecule has 0 aromatic carbocycles. The Labute approximate surface area is 184 Å². The number of rotatable bonds is 5. The minimum atomic E-state index is 0. The molecule has 0 spiro atoms. The van der Waals surface area contributed by atoms with Gasteiger partial charge in [0.15, 0.2) is 11.8 Å². The molecule has 2 aliphatic heterocycles. The van der Waals surface area contributed by atoms with Crippen LogP contribution in [-0.2, 0) is 29.0 Å². The van der Waals surface area contributed by atoms with E-state index in [0.29, 0.717) is 30.7 Å². The highest BCUT2D eigenvalue weighted by atomic mass is 127. The molecule has 1 saturated carbocycles. The van der Waals surface area contributed by atoms with Crippen LogP contribution in [0, 0.1) is 11.3 Å². The third kappa shape index (κ3) is 4.02. The lowest BCUT2D eigenvalue weighted by molar-refractivity contribution is -0.106. The molecule has 28 heavy (non-hydrogen) atoms. The molecule has 2 fully saturated rings. The molecule has 4 unspecified atom stereocenters. The molecule has 4 rings (SSSR count). The largest absolute Gasteiger partial charge is 0.377 e. The molecule has 0 bridgehead atoms. The van der Waals surface area contributed by atoms with Crippen molar-refractivity contribution < 1.29 is 9.47 Å². The molecule has 4 atom stereocenters. The fourth-order valence-electron chi connectivity index (χ4n) is 4.92. The zero-order valence-corrected chi connectivity index (χ0v) is 19.6. The van der Waals surface area contributed by atoms with Gasteiger partial charge in [0.2, 0.25) is 0 Å². The maximum Gasteiger partial charge on any atom is 0.191 e. The van der Waals surface area contributed by atoms with E-state index in [4.69, 9.17) is 14.5 Å². The van der Waals surface area contributed by atoms with Crippen LogP contribution in [0.3, 0.4) is 0 Å². The number of nitrogens with one attached hydrogen (secondary N) is 2. The van der Waals surface area contributed by atoms with Gasteiger partial charge in [-0.2, -0.15) is 5.10 Å². The first-order valence-electron chi connectivity index (χ1n) is 10.1. The summed E-state index contributed by atoms with van der Waals surface area (Å²) < 4.78 is 13.1. The first-order valence-corrected chi connectivity index (χ1v) is 10.1. The lowest BCUT2D eigenvalue weighted by atomic mass is 9.57. The minimum absolute atomic E-state index is 0. The number of ether oxygens (including phenoxy) is 2. The average Bonchev–Trinajstić information content (AvgIpc) is 3.24. The van der Waals surface area contributed by atoms with Crippen molar-refractivity contribution in [2.24, 2.45) is 16.3 Å². The molecule has 8 nitrogen and oxygen atoms in total. The van der Waals surface area contributed by atoms with Crippen LogP contribution in [-0.4, -0.2) is 59.2 Å². The van der Waals surface area contributed by atoms with E-state index >= 15 is 0 Å². The van der Waals surface area contributed by atoms with Crippen molar-refractivity contribution >= 4 is 29.9 Å². The van der Waals surface area contributed by atoms with E-state index in [2.05, 4.69) is 41.5 Å². The Morgan fingerprint density at radius 3 is 2.93 bits per heavy atom. The zero-order chi connectivity index (χ0) is 19.0. The van der Waals surface area contributed by atoms with Crippen molar-refractivity contribution in [3.8, 4) is 0 Å². The molecular formula is C19H33IN6O2. The molecule has 3 heterocycles. The van der Waals surface area contributed by atoms with Crippen LogP contribution in [0.5, 0.6) is 0 Å². The lowest BCUT2D eigenvalue weighted by Crippen LogP contribution is -2.68. The number of methoxy groups -OCH3 is 1. The van der Waals surface area contributed by atoms with Gasteiger partial charge in [-0.15, -0.1) is 24.0 Å². The van der Waals surface area contributed by atoms with Gasteiger partial charge in [0.1, 0.15) is 12.4 Å². The van der Waals surface area contributed by atoms with Gasteiger partial charge in [0.25, 0.3) is 0 Å². The summed E-state index contributed by atoms with van der Waals surface area (Å²) in [5.41, 5.74) is 0.137. The molecule has 158 valence electrons. The first-order chi connectivity index (χ1) is 13.0. The molecule has 9 heteroatoms. The van der Waals surface area contributed by atoms with Gasteiger partial charge in [-0.3, -0.25) is 4.99 Å². The highest BCUT2D eigenvalue weighted by molar-refractivity contribution is 14.0. The molecule has 2 N–H and O–H groups in total. The summed E-state index contributed by atoms with van der Waals surface area (Å²) in [6.45, 7) is 9.56. The Hall–Kier alpha value is -0.940. The Morgan fingerprint density at radius 1 is 1.36 bits per heavy atom. The van der Waals surface area contributed by atoms with Crippen LogP contribution in [0.25, 0.3) is 0 Å². The van der Waals surface area contributed by atoms with Crippen LogP contribution >= 0.6 is 24.0 Å². The molecule has 1 aromatic rings. The quantitative estimate of drug-likeness (QED) is 0.361. The Bertz CT molecular complexity index is 707. The van der Waals surface area contributed by atoms with Gasteiger partial charge in [-0.1, -0.05) is 13.8 Å². The fraction of sp³-hybridized carbons (Fsp3) is 0.842. The molecule has 1 aromatic heterocycles. The maximum absolute atomic E-state index is 5.92. The predicted octanol–water partition coefficient (Wildman–Crippen LogP) is 1.73. The van der Waals surface area contributed by atoms with Crippen molar-refractivity contribution in [3.63, 3.8) is 0 Å². The van der Waals surface area contributed by atoms with Crippen molar-refractivity contribution in [2.45, 2.75) is 71.4 Å². The zero-order valence-electron chi connectivity index (χ0n) is 17.3. The first kappa shape index (κ1) is 21.8. The highest BCUT2D eigenvalue weighted by Gasteiger charge is 2.59. The van der Waals surface area contributed by atoms with Gasteiger partial charge >= 0.3 is 0 Å². The van der Waals surface area contributed by atoms with E-state index in [-0.39, 0.29) is 29.4 Å². The SMILES string of the molecule is CCN=C(NC1CCc2nc(COC)nn2C1)NC1C2CCOC2C1(C)C.I. The van der Waals surface area contributed by atoms with E-state index < -0.39 is 0 Å². The Balaban J connectivity index is 0.00000225. The van der Waals surface area contributed by atoms with Crippen LogP contribution < -0.4 is 10.6 Å². The van der Waals surface area contributed by atoms with Gasteiger partial charge in [0, 0.05) is 50.1 Å². The third-order valence-electron chi connectivity index (χ3n) is 6.23. The summed E-state index contributed by atoms with van der Waals surface area (Å²) in [5.74, 6) is 3.31. The molecule has 1 saturated heterocycles. The number of fused-ring (bicyclic) bond motifs is 2. The minimum Gasteiger partial charge on any atom is -0.377 e. The second kappa shape index (κ2) is 8.83. The monoisotopic (exact) mass is 504 g/mol.